The predicted octanol–water partition coefficient (Wildman–Crippen LogP) is 3.47. The Labute approximate surface area is 107 Å². The van der Waals surface area contributed by atoms with Gasteiger partial charge in [0, 0.05) is 33.7 Å². The molecule has 0 bridgehead atoms. The van der Waals surface area contributed by atoms with Gasteiger partial charge >= 0.3 is 0 Å². The molecule has 2 N–H and O–H groups in total. The van der Waals surface area contributed by atoms with E-state index in [1.165, 1.54) is 4.88 Å². The molecular formula is C11H14BrN3S. The molecule has 0 spiro atoms. The molecular weight excluding hydrogens is 286 g/mol. The van der Waals surface area contributed by atoms with Gasteiger partial charge in [-0.05, 0) is 28.4 Å². The van der Waals surface area contributed by atoms with Gasteiger partial charge in [-0.1, -0.05) is 6.92 Å². The van der Waals surface area contributed by atoms with E-state index < -0.39 is 0 Å². The van der Waals surface area contributed by atoms with Crippen molar-refractivity contribution in [3.63, 3.8) is 0 Å². The number of imidazole rings is 1. The standard InChI is InChI=1S/C11H14BrN3S/c1-2-10(11-13-3-4-14-11)15-6-9-5-8(12)7-16-9/h3-5,7,10,15H,2,6H2,1H3,(H,13,14). The average molecular weight is 300 g/mol. The van der Waals surface area contributed by atoms with E-state index in [0.29, 0.717) is 6.04 Å². The molecule has 0 radical (unpaired) electrons. The van der Waals surface area contributed by atoms with Gasteiger partial charge in [0.15, 0.2) is 0 Å². The quantitative estimate of drug-likeness (QED) is 0.887. The second kappa shape index (κ2) is 5.61. The van der Waals surface area contributed by atoms with Gasteiger partial charge in [0.05, 0.1) is 6.04 Å². The fourth-order valence-electron chi connectivity index (χ4n) is 1.57. The molecule has 0 saturated carbocycles. The molecule has 0 amide bonds. The van der Waals surface area contributed by atoms with Gasteiger partial charge in [-0.15, -0.1) is 11.3 Å². The van der Waals surface area contributed by atoms with E-state index in [0.717, 1.165) is 23.3 Å². The largest absolute Gasteiger partial charge is 0.347 e. The number of halogens is 1. The van der Waals surface area contributed by atoms with E-state index in [-0.39, 0.29) is 0 Å². The highest BCUT2D eigenvalue weighted by Gasteiger charge is 2.10. The second-order valence-corrected chi connectivity index (χ2v) is 5.46. The van der Waals surface area contributed by atoms with Crippen molar-refractivity contribution < 1.29 is 0 Å². The molecule has 1 unspecified atom stereocenters. The third-order valence-corrected chi connectivity index (χ3v) is 4.10. The van der Waals surface area contributed by atoms with Crippen molar-refractivity contribution in [2.24, 2.45) is 0 Å². The first-order chi connectivity index (χ1) is 7.79. The fraction of sp³-hybridized carbons (Fsp3) is 0.364. The highest BCUT2D eigenvalue weighted by molar-refractivity contribution is 9.10. The SMILES string of the molecule is CCC(NCc1cc(Br)cs1)c1ncc[nH]1. The lowest BCUT2D eigenvalue weighted by Gasteiger charge is -2.13. The summed E-state index contributed by atoms with van der Waals surface area (Å²) in [4.78, 5) is 8.76. The Morgan fingerprint density at radius 1 is 1.62 bits per heavy atom. The number of aromatic amines is 1. The van der Waals surface area contributed by atoms with Crippen molar-refractivity contribution in [3.8, 4) is 0 Å². The molecule has 1 atom stereocenters. The zero-order valence-electron chi connectivity index (χ0n) is 9.03. The van der Waals surface area contributed by atoms with Crippen molar-refractivity contribution in [3.05, 3.63) is 39.0 Å². The number of hydrogen-bond donors (Lipinski definition) is 2. The van der Waals surface area contributed by atoms with Crippen LogP contribution in [-0.4, -0.2) is 9.97 Å². The van der Waals surface area contributed by atoms with Crippen LogP contribution in [-0.2, 0) is 6.54 Å². The van der Waals surface area contributed by atoms with Crippen LogP contribution in [0.25, 0.3) is 0 Å². The molecule has 3 nitrogen and oxygen atoms in total. The zero-order chi connectivity index (χ0) is 11.4. The Morgan fingerprint density at radius 2 is 2.50 bits per heavy atom. The molecule has 5 heteroatoms. The predicted molar refractivity (Wildman–Crippen MR) is 70.5 cm³/mol. The fourth-order valence-corrected chi connectivity index (χ4v) is 2.97. The smallest absolute Gasteiger partial charge is 0.123 e. The van der Waals surface area contributed by atoms with Gasteiger partial charge in [0.2, 0.25) is 0 Å². The number of thiophene rings is 1. The van der Waals surface area contributed by atoms with Gasteiger partial charge in [-0.25, -0.2) is 4.98 Å². The molecule has 0 aromatic carbocycles. The number of hydrogen-bond acceptors (Lipinski definition) is 3. The Balaban J connectivity index is 1.93. The summed E-state index contributed by atoms with van der Waals surface area (Å²) in [6.45, 7) is 3.04. The average Bonchev–Trinajstić information content (AvgIpc) is 2.91. The number of H-pyrrole nitrogens is 1. The summed E-state index contributed by atoms with van der Waals surface area (Å²) < 4.78 is 1.15. The van der Waals surface area contributed by atoms with Crippen LogP contribution >= 0.6 is 27.3 Å². The first kappa shape index (κ1) is 11.8. The minimum Gasteiger partial charge on any atom is -0.347 e. The van der Waals surface area contributed by atoms with Gasteiger partial charge < -0.3 is 10.3 Å². The third-order valence-electron chi connectivity index (χ3n) is 2.40. The molecule has 2 heterocycles. The molecule has 2 aromatic rings. The maximum atomic E-state index is 4.28. The molecule has 0 aliphatic carbocycles. The highest BCUT2D eigenvalue weighted by Crippen LogP contribution is 2.20. The van der Waals surface area contributed by atoms with E-state index in [9.17, 15) is 0 Å². The normalized spacial score (nSPS) is 12.9. The van der Waals surface area contributed by atoms with E-state index >= 15 is 0 Å². The van der Waals surface area contributed by atoms with E-state index in [1.807, 2.05) is 6.20 Å². The van der Waals surface area contributed by atoms with Gasteiger partial charge in [0.1, 0.15) is 5.82 Å². The van der Waals surface area contributed by atoms with Gasteiger partial charge in [-0.3, -0.25) is 0 Å². The van der Waals surface area contributed by atoms with Crippen LogP contribution in [0.3, 0.4) is 0 Å². The van der Waals surface area contributed by atoms with Crippen LogP contribution < -0.4 is 5.32 Å². The van der Waals surface area contributed by atoms with Crippen molar-refractivity contribution in [2.75, 3.05) is 0 Å². The Hall–Kier alpha value is -0.650. The lowest BCUT2D eigenvalue weighted by Crippen LogP contribution is -2.20. The van der Waals surface area contributed by atoms with Crippen LogP contribution in [0.1, 0.15) is 30.1 Å². The summed E-state index contributed by atoms with van der Waals surface area (Å²) in [5.41, 5.74) is 0. The summed E-state index contributed by atoms with van der Waals surface area (Å²) >= 11 is 5.22. The number of nitrogens with one attached hydrogen (secondary N) is 2. The Bertz CT molecular complexity index is 424. The van der Waals surface area contributed by atoms with Crippen molar-refractivity contribution in [1.82, 2.24) is 15.3 Å². The van der Waals surface area contributed by atoms with Gasteiger partial charge in [-0.2, -0.15) is 0 Å². The van der Waals surface area contributed by atoms with E-state index in [1.54, 1.807) is 17.5 Å². The number of aromatic nitrogens is 2. The summed E-state index contributed by atoms with van der Waals surface area (Å²) in [7, 11) is 0. The van der Waals surface area contributed by atoms with Crippen LogP contribution in [0, 0.1) is 0 Å². The van der Waals surface area contributed by atoms with Crippen LogP contribution in [0.4, 0.5) is 0 Å². The first-order valence-electron chi connectivity index (χ1n) is 5.25. The molecule has 0 aliphatic heterocycles. The highest BCUT2D eigenvalue weighted by atomic mass is 79.9. The molecule has 16 heavy (non-hydrogen) atoms. The maximum absolute atomic E-state index is 4.28. The first-order valence-corrected chi connectivity index (χ1v) is 6.92. The second-order valence-electron chi connectivity index (χ2n) is 3.55. The minimum absolute atomic E-state index is 0.302. The monoisotopic (exact) mass is 299 g/mol. The summed E-state index contributed by atoms with van der Waals surface area (Å²) in [6, 6.07) is 2.45. The molecule has 0 saturated heterocycles. The summed E-state index contributed by atoms with van der Waals surface area (Å²) in [5.74, 6) is 1.01. The number of rotatable bonds is 5. The summed E-state index contributed by atoms with van der Waals surface area (Å²) in [6.07, 6.45) is 4.68. The minimum atomic E-state index is 0.302. The Kier molecular flexibility index (Phi) is 4.15. The van der Waals surface area contributed by atoms with Crippen molar-refractivity contribution >= 4 is 27.3 Å². The molecule has 86 valence electrons. The van der Waals surface area contributed by atoms with Crippen LogP contribution in [0.5, 0.6) is 0 Å². The summed E-state index contributed by atoms with van der Waals surface area (Å²) in [5, 5.41) is 5.60. The van der Waals surface area contributed by atoms with E-state index in [2.05, 4.69) is 49.6 Å². The zero-order valence-corrected chi connectivity index (χ0v) is 11.4. The lowest BCUT2D eigenvalue weighted by atomic mass is 10.2. The lowest BCUT2D eigenvalue weighted by molar-refractivity contribution is 0.500. The van der Waals surface area contributed by atoms with Gasteiger partial charge in [0.25, 0.3) is 0 Å². The van der Waals surface area contributed by atoms with Crippen LogP contribution in [0.15, 0.2) is 28.3 Å². The molecule has 0 aliphatic rings. The van der Waals surface area contributed by atoms with Crippen LogP contribution in [0.2, 0.25) is 0 Å². The topological polar surface area (TPSA) is 40.7 Å². The van der Waals surface area contributed by atoms with Crippen molar-refractivity contribution in [2.45, 2.75) is 25.9 Å². The third kappa shape index (κ3) is 2.93. The maximum Gasteiger partial charge on any atom is 0.123 e. The number of nitrogens with zero attached hydrogens (tertiary/aromatic N) is 1. The van der Waals surface area contributed by atoms with Crippen molar-refractivity contribution in [1.29, 1.82) is 0 Å². The van der Waals surface area contributed by atoms with E-state index in [4.69, 9.17) is 0 Å². The Morgan fingerprint density at radius 3 is 3.06 bits per heavy atom. The molecule has 2 aromatic heterocycles. The molecule has 0 fully saturated rings. The molecule has 2 rings (SSSR count).